The molecule has 1 aromatic carbocycles. The molecular weight excluding hydrogens is 785 g/mol. The summed E-state index contributed by atoms with van der Waals surface area (Å²) in [6.45, 7) is 4.74. The molecule has 0 aliphatic carbocycles. The van der Waals surface area contributed by atoms with Crippen molar-refractivity contribution in [3.8, 4) is 5.75 Å². The topological polar surface area (TPSA) is 330 Å². The number of aliphatic hydroxyl groups excluding tert-OH is 1. The molecule has 0 spiro atoms. The van der Waals surface area contributed by atoms with Crippen molar-refractivity contribution in [1.82, 2.24) is 36.8 Å². The fourth-order valence-electron chi connectivity index (χ4n) is 5.82. The van der Waals surface area contributed by atoms with Crippen LogP contribution >= 0.6 is 21.6 Å². The number of hydrogen-bond acceptors (Lipinski definition) is 14. The highest BCUT2D eigenvalue weighted by atomic mass is 33.1. The molecule has 1 aliphatic rings. The van der Waals surface area contributed by atoms with Gasteiger partial charge in [-0.05, 0) is 56.8 Å². The first-order valence-corrected chi connectivity index (χ1v) is 20.8. The Bertz CT molecular complexity index is 1570. The van der Waals surface area contributed by atoms with Gasteiger partial charge in [0, 0.05) is 24.5 Å². The summed E-state index contributed by atoms with van der Waals surface area (Å²) in [5.74, 6) is -5.53. The molecule has 1 heterocycles. The van der Waals surface area contributed by atoms with E-state index in [0.717, 1.165) is 10.8 Å². The third kappa shape index (κ3) is 17.2. The number of phenols is 1. The van der Waals surface area contributed by atoms with E-state index in [4.69, 9.17) is 17.2 Å². The number of likely N-dealkylation sites (N-methyl/N-ethyl adjacent to an activating group) is 1. The van der Waals surface area contributed by atoms with Gasteiger partial charge in [0.05, 0.1) is 25.0 Å². The van der Waals surface area contributed by atoms with Crippen LogP contribution in [0.15, 0.2) is 24.3 Å². The lowest BCUT2D eigenvalue weighted by atomic mass is 10.0. The highest BCUT2D eigenvalue weighted by Crippen LogP contribution is 2.26. The number of nitrogens with zero attached hydrogens (tertiary/aromatic N) is 1. The zero-order chi connectivity index (χ0) is 42.8. The summed E-state index contributed by atoms with van der Waals surface area (Å²) in [5.41, 5.74) is 16.7. The first-order valence-electron chi connectivity index (χ1n) is 18.3. The number of nitrogens with one attached hydrogen (secondary N) is 6. The number of amides is 8. The number of primary amides is 3. The molecule has 14 N–H and O–H groups in total. The van der Waals surface area contributed by atoms with Crippen LogP contribution in [0.2, 0.25) is 0 Å². The van der Waals surface area contributed by atoms with E-state index in [1.165, 1.54) is 34.8 Å². The van der Waals surface area contributed by atoms with E-state index in [9.17, 15) is 48.6 Å². The molecule has 318 valence electrons. The fourth-order valence-corrected chi connectivity index (χ4v) is 8.23. The average Bonchev–Trinajstić information content (AvgIpc) is 3.62. The Morgan fingerprint density at radius 2 is 1.40 bits per heavy atom. The van der Waals surface area contributed by atoms with Gasteiger partial charge in [0.1, 0.15) is 36.1 Å². The minimum Gasteiger partial charge on any atom is -0.508 e. The molecule has 0 radical (unpaired) electrons. The number of carbonyl (C=O) groups is 8. The van der Waals surface area contributed by atoms with E-state index < -0.39 is 103 Å². The average molecular weight is 841 g/mol. The summed E-state index contributed by atoms with van der Waals surface area (Å²) < 4.78 is 0. The van der Waals surface area contributed by atoms with Crippen LogP contribution in [0, 0.1) is 5.92 Å². The van der Waals surface area contributed by atoms with E-state index in [2.05, 4.69) is 31.9 Å². The van der Waals surface area contributed by atoms with Gasteiger partial charge in [-0.2, -0.15) is 0 Å². The van der Waals surface area contributed by atoms with Gasteiger partial charge in [-0.15, -0.1) is 0 Å². The van der Waals surface area contributed by atoms with Crippen molar-refractivity contribution in [1.29, 1.82) is 0 Å². The quantitative estimate of drug-likeness (QED) is 0.0261. The van der Waals surface area contributed by atoms with Gasteiger partial charge in [0.25, 0.3) is 0 Å². The van der Waals surface area contributed by atoms with Crippen molar-refractivity contribution in [3.63, 3.8) is 0 Å². The van der Waals surface area contributed by atoms with E-state index in [1.54, 1.807) is 19.2 Å². The monoisotopic (exact) mass is 840 g/mol. The number of rotatable bonds is 25. The second-order valence-corrected chi connectivity index (χ2v) is 16.5. The molecule has 20 nitrogen and oxygen atoms in total. The molecule has 1 fully saturated rings. The lowest BCUT2D eigenvalue weighted by molar-refractivity contribution is -0.142. The minimum atomic E-state index is -1.30. The summed E-state index contributed by atoms with van der Waals surface area (Å²) in [4.78, 5) is 104. The molecule has 7 atom stereocenters. The highest BCUT2D eigenvalue weighted by Gasteiger charge is 2.40. The molecule has 1 saturated heterocycles. The molecular formula is C35H56N10O10S2. The molecule has 2 rings (SSSR count). The van der Waals surface area contributed by atoms with Crippen molar-refractivity contribution >= 4 is 68.8 Å². The van der Waals surface area contributed by atoms with Crippen LogP contribution in [-0.4, -0.2) is 136 Å². The normalized spacial score (nSPS) is 17.0. The van der Waals surface area contributed by atoms with Crippen LogP contribution in [0.3, 0.4) is 0 Å². The number of phenolic OH excluding ortho intramolecular Hbond substituents is 1. The predicted octanol–water partition coefficient (Wildman–Crippen LogP) is -3.35. The van der Waals surface area contributed by atoms with Crippen LogP contribution in [0.5, 0.6) is 5.75 Å². The Morgan fingerprint density at radius 3 is 1.95 bits per heavy atom. The summed E-state index contributed by atoms with van der Waals surface area (Å²) >= 11 is 0. The first kappa shape index (κ1) is 48.5. The van der Waals surface area contributed by atoms with Crippen molar-refractivity contribution in [2.24, 2.45) is 23.1 Å². The van der Waals surface area contributed by atoms with E-state index in [-0.39, 0.29) is 49.0 Å². The zero-order valence-corrected chi connectivity index (χ0v) is 34.1. The molecule has 1 aromatic rings. The third-order valence-corrected chi connectivity index (χ3v) is 11.1. The molecule has 8 amide bonds. The predicted molar refractivity (Wildman–Crippen MR) is 213 cm³/mol. The van der Waals surface area contributed by atoms with Crippen LogP contribution in [0.25, 0.3) is 0 Å². The van der Waals surface area contributed by atoms with E-state index >= 15 is 0 Å². The van der Waals surface area contributed by atoms with Gasteiger partial charge in [-0.25, -0.2) is 0 Å². The Labute approximate surface area is 339 Å². The Hall–Kier alpha value is -4.64. The molecule has 1 unspecified atom stereocenters. The highest BCUT2D eigenvalue weighted by molar-refractivity contribution is 8.76. The van der Waals surface area contributed by atoms with Gasteiger partial charge in [-0.3, -0.25) is 43.7 Å². The van der Waals surface area contributed by atoms with Crippen molar-refractivity contribution < 1.29 is 48.6 Å². The Kier molecular flexibility index (Phi) is 20.6. The van der Waals surface area contributed by atoms with Gasteiger partial charge in [0.2, 0.25) is 47.3 Å². The fraction of sp³-hybridized carbons (Fsp3) is 0.600. The summed E-state index contributed by atoms with van der Waals surface area (Å²) in [6.07, 6.45) is -0.718. The second-order valence-electron chi connectivity index (χ2n) is 13.9. The molecule has 1 aliphatic heterocycles. The second kappa shape index (κ2) is 24.2. The molecule has 57 heavy (non-hydrogen) atoms. The number of benzene rings is 1. The number of nitrogens with two attached hydrogens (primary N) is 3. The number of aromatic hydroxyl groups is 1. The maximum absolute atomic E-state index is 14.2. The lowest BCUT2D eigenvalue weighted by Crippen LogP contribution is -2.59. The van der Waals surface area contributed by atoms with Crippen molar-refractivity contribution in [2.75, 3.05) is 31.6 Å². The van der Waals surface area contributed by atoms with Gasteiger partial charge >= 0.3 is 0 Å². The largest absolute Gasteiger partial charge is 0.508 e. The Morgan fingerprint density at radius 1 is 0.807 bits per heavy atom. The molecule has 0 saturated carbocycles. The van der Waals surface area contributed by atoms with Crippen LogP contribution in [0.4, 0.5) is 0 Å². The summed E-state index contributed by atoms with van der Waals surface area (Å²) in [6, 6.07) is -0.405. The minimum absolute atomic E-state index is 0.0303. The summed E-state index contributed by atoms with van der Waals surface area (Å²) in [5, 5.41) is 35.2. The molecule has 22 heteroatoms. The maximum Gasteiger partial charge on any atom is 0.246 e. The SMILES string of the molecule is CN[C@@H](CSSC[C@H](NC(=O)[C@H](CC(N)=O)NC(C)O)C(=O)N1CCC[C@H]1C(=O)N[C@@H](CC(C)C)C(=O)NCC(N)=O)C(=O)N[C@@H](Cc1ccc(O)cc1)C(N)=O. The smallest absolute Gasteiger partial charge is 0.246 e. The third-order valence-electron chi connectivity index (χ3n) is 8.65. The number of likely N-dealkylation sites (tertiary alicyclic amines) is 1. The van der Waals surface area contributed by atoms with Crippen molar-refractivity contribution in [2.45, 2.75) is 95.4 Å². The van der Waals surface area contributed by atoms with Crippen LogP contribution in [0.1, 0.15) is 52.0 Å². The lowest BCUT2D eigenvalue weighted by Gasteiger charge is -2.31. The summed E-state index contributed by atoms with van der Waals surface area (Å²) in [7, 11) is 3.84. The number of aliphatic hydroxyl groups is 1. The standard InChI is InChI=1S/C35H56N10O10S2/c1-18(2)12-23(31(51)40-15-29(37)49)43-34(54)27-6-5-11-45(27)35(55)26(44-32(52)24(14-28(36)48)41-19(3)46)17-57-56-16-25(39-4)33(53)42-22(30(38)50)13-20-7-9-21(47)10-8-20/h7-10,18-19,22-27,39,41,46-47H,5-6,11-17H2,1-4H3,(H2,36,48)(H2,37,49)(H2,38,50)(H,40,51)(H,42,53)(H,43,54)(H,44,52)/t19?,22-,23-,24-,25-,26-,27-/m0/s1. The van der Waals surface area contributed by atoms with Gasteiger partial charge in [0.15, 0.2) is 0 Å². The van der Waals surface area contributed by atoms with E-state index in [0.29, 0.717) is 12.0 Å². The van der Waals surface area contributed by atoms with E-state index in [1.807, 2.05) is 13.8 Å². The van der Waals surface area contributed by atoms with Crippen LogP contribution in [-0.2, 0) is 44.8 Å². The number of carbonyl (C=O) groups excluding carboxylic acids is 8. The van der Waals surface area contributed by atoms with Gasteiger partial charge < -0.3 is 58.9 Å². The van der Waals surface area contributed by atoms with Gasteiger partial charge in [-0.1, -0.05) is 47.6 Å². The van der Waals surface area contributed by atoms with Crippen LogP contribution < -0.4 is 49.1 Å². The molecule has 0 bridgehead atoms. The number of hydrogen-bond donors (Lipinski definition) is 11. The maximum atomic E-state index is 14.2. The Balaban J connectivity index is 2.23. The van der Waals surface area contributed by atoms with Crippen molar-refractivity contribution in [3.05, 3.63) is 29.8 Å². The molecule has 0 aromatic heterocycles. The first-order chi connectivity index (χ1) is 26.8. The zero-order valence-electron chi connectivity index (χ0n) is 32.4.